The monoisotopic (exact) mass is 423 g/mol. The average Bonchev–Trinajstić information content (AvgIpc) is 2.85. The van der Waals surface area contributed by atoms with E-state index in [0.29, 0.717) is 5.56 Å². The normalized spacial score (nSPS) is 18.9. The Kier molecular flexibility index (Phi) is 5.25. The number of amides is 5. The molecule has 3 rings (SSSR count). The fraction of sp³-hybridized carbons (Fsp3) is 0.222. The third-order valence-electron chi connectivity index (χ3n) is 4.30. The number of nitrogens with two attached hydrogens (primary N) is 1. The van der Waals surface area contributed by atoms with Crippen molar-refractivity contribution in [2.45, 2.75) is 25.2 Å². The number of rotatable bonds is 5. The molecule has 5 amide bonds. The Bertz CT molecular complexity index is 996. The van der Waals surface area contributed by atoms with Gasteiger partial charge in [-0.25, -0.2) is 14.5 Å². The first kappa shape index (κ1) is 20.9. The van der Waals surface area contributed by atoms with Crippen molar-refractivity contribution in [3.63, 3.8) is 0 Å². The van der Waals surface area contributed by atoms with Gasteiger partial charge in [-0.15, -0.1) is 13.2 Å². The molecular formula is C18H16F3N5O4. The van der Waals surface area contributed by atoms with Crippen LogP contribution in [0.15, 0.2) is 42.7 Å². The first-order valence-corrected chi connectivity index (χ1v) is 8.50. The summed E-state index contributed by atoms with van der Waals surface area (Å²) in [6.45, 7) is 1.49. The van der Waals surface area contributed by atoms with Crippen LogP contribution < -0.4 is 26.0 Å². The molecule has 1 fully saturated rings. The molecule has 1 aliphatic rings. The molecule has 0 spiro atoms. The molecule has 30 heavy (non-hydrogen) atoms. The maximum Gasteiger partial charge on any atom is 0.573 e. The molecule has 1 aromatic carbocycles. The number of anilines is 2. The van der Waals surface area contributed by atoms with E-state index in [9.17, 15) is 27.6 Å². The van der Waals surface area contributed by atoms with Crippen LogP contribution in [-0.2, 0) is 11.2 Å². The third kappa shape index (κ3) is 4.42. The minimum atomic E-state index is -4.86. The van der Waals surface area contributed by atoms with Gasteiger partial charge in [-0.3, -0.25) is 9.78 Å². The second kappa shape index (κ2) is 7.54. The Morgan fingerprint density at radius 2 is 1.93 bits per heavy atom. The predicted molar refractivity (Wildman–Crippen MR) is 98.7 cm³/mol. The van der Waals surface area contributed by atoms with Gasteiger partial charge in [0.15, 0.2) is 0 Å². The lowest BCUT2D eigenvalue weighted by Crippen LogP contribution is -2.46. The molecule has 1 atom stereocenters. The van der Waals surface area contributed by atoms with Gasteiger partial charge in [-0.05, 0) is 42.8 Å². The molecule has 1 aromatic heterocycles. The Morgan fingerprint density at radius 1 is 1.27 bits per heavy atom. The number of carbonyl (C=O) groups is 3. The molecule has 9 nitrogen and oxygen atoms in total. The fourth-order valence-electron chi connectivity index (χ4n) is 3.04. The van der Waals surface area contributed by atoms with Gasteiger partial charge >= 0.3 is 18.4 Å². The number of nitrogens with one attached hydrogen (secondary N) is 2. The van der Waals surface area contributed by atoms with Gasteiger partial charge in [0, 0.05) is 12.6 Å². The number of nitrogens with zero attached hydrogens (tertiary/aromatic N) is 2. The average molecular weight is 423 g/mol. The van der Waals surface area contributed by atoms with Crippen LogP contribution in [0.25, 0.3) is 0 Å². The first-order chi connectivity index (χ1) is 14.0. The van der Waals surface area contributed by atoms with Crippen LogP contribution in [0.3, 0.4) is 0 Å². The third-order valence-corrected chi connectivity index (χ3v) is 4.30. The smallest absolute Gasteiger partial charge is 0.406 e. The zero-order chi connectivity index (χ0) is 22.1. The highest BCUT2D eigenvalue weighted by molar-refractivity contribution is 6.23. The number of primary amides is 1. The molecular weight excluding hydrogens is 407 g/mol. The van der Waals surface area contributed by atoms with E-state index in [1.165, 1.54) is 19.3 Å². The van der Waals surface area contributed by atoms with Gasteiger partial charge in [0.2, 0.25) is 0 Å². The number of aromatic nitrogens is 1. The van der Waals surface area contributed by atoms with E-state index in [2.05, 4.69) is 20.4 Å². The minimum absolute atomic E-state index is 0.00146. The lowest BCUT2D eigenvalue weighted by molar-refractivity contribution is -0.274. The van der Waals surface area contributed by atoms with Crippen LogP contribution in [0.5, 0.6) is 5.75 Å². The summed E-state index contributed by atoms with van der Waals surface area (Å²) in [6, 6.07) is 4.31. The fourth-order valence-corrected chi connectivity index (χ4v) is 3.04. The summed E-state index contributed by atoms with van der Waals surface area (Å²) in [7, 11) is 0. The molecule has 4 N–H and O–H groups in total. The van der Waals surface area contributed by atoms with Crippen molar-refractivity contribution in [1.82, 2.24) is 10.3 Å². The Hall–Kier alpha value is -3.83. The lowest BCUT2D eigenvalue weighted by Gasteiger charge is -2.23. The molecule has 12 heteroatoms. The zero-order valence-corrected chi connectivity index (χ0v) is 15.5. The van der Waals surface area contributed by atoms with Gasteiger partial charge in [0.25, 0.3) is 5.91 Å². The van der Waals surface area contributed by atoms with Gasteiger partial charge in [-0.1, -0.05) is 0 Å². The molecule has 1 saturated heterocycles. The van der Waals surface area contributed by atoms with E-state index in [0.717, 1.165) is 29.2 Å². The summed E-state index contributed by atoms with van der Waals surface area (Å²) in [4.78, 5) is 41.3. The topological polar surface area (TPSA) is 127 Å². The van der Waals surface area contributed by atoms with E-state index in [-0.39, 0.29) is 17.8 Å². The van der Waals surface area contributed by atoms with Crippen LogP contribution in [0.1, 0.15) is 12.5 Å². The maximum absolute atomic E-state index is 13.0. The summed E-state index contributed by atoms with van der Waals surface area (Å²) in [5, 5.41) is 4.96. The summed E-state index contributed by atoms with van der Waals surface area (Å²) in [5.41, 5.74) is 4.59. The number of alkyl halides is 3. The number of hydrogen-bond acceptors (Lipinski definition) is 5. The van der Waals surface area contributed by atoms with Crippen molar-refractivity contribution in [2.24, 2.45) is 5.73 Å². The van der Waals surface area contributed by atoms with E-state index >= 15 is 0 Å². The van der Waals surface area contributed by atoms with Crippen LogP contribution >= 0.6 is 0 Å². The van der Waals surface area contributed by atoms with E-state index in [1.807, 2.05) is 0 Å². The zero-order valence-electron chi connectivity index (χ0n) is 15.5. The highest BCUT2D eigenvalue weighted by Crippen LogP contribution is 2.31. The van der Waals surface area contributed by atoms with Crippen molar-refractivity contribution in [2.75, 3.05) is 10.2 Å². The van der Waals surface area contributed by atoms with Crippen molar-refractivity contribution in [1.29, 1.82) is 0 Å². The van der Waals surface area contributed by atoms with E-state index in [4.69, 9.17) is 5.73 Å². The molecule has 0 bridgehead atoms. The molecule has 0 aliphatic carbocycles. The van der Waals surface area contributed by atoms with Crippen molar-refractivity contribution in [3.05, 3.63) is 48.3 Å². The van der Waals surface area contributed by atoms with Gasteiger partial charge in [0.05, 0.1) is 17.6 Å². The maximum atomic E-state index is 13.0. The molecule has 1 aliphatic heterocycles. The molecule has 2 heterocycles. The number of benzene rings is 1. The Labute approximate surface area is 168 Å². The number of ether oxygens (including phenoxy) is 1. The number of halogens is 3. The van der Waals surface area contributed by atoms with Crippen molar-refractivity contribution < 1.29 is 32.3 Å². The molecule has 0 radical (unpaired) electrons. The first-order valence-electron chi connectivity index (χ1n) is 8.50. The van der Waals surface area contributed by atoms with Crippen molar-refractivity contribution in [3.8, 4) is 5.75 Å². The standard InChI is InChI=1S/C18H16F3N5O4/c1-17(8-10-6-7-23-9-13(10)24-15(22)28)14(27)26(16(29)25-17)11-2-4-12(5-3-11)30-18(19,20)21/h2-7,9H,8H2,1H3,(H,25,29)(H3,22,24,28). The largest absolute Gasteiger partial charge is 0.573 e. The van der Waals surface area contributed by atoms with E-state index < -0.39 is 35.6 Å². The Morgan fingerprint density at radius 3 is 2.53 bits per heavy atom. The SMILES string of the molecule is CC1(Cc2ccncc2NC(N)=O)NC(=O)N(c2ccc(OC(F)(F)F)cc2)C1=O. The second-order valence-electron chi connectivity index (χ2n) is 6.64. The predicted octanol–water partition coefficient (Wildman–Crippen LogP) is 2.53. The number of carbonyl (C=O) groups excluding carboxylic acids is 3. The Balaban J connectivity index is 1.83. The second-order valence-corrected chi connectivity index (χ2v) is 6.64. The van der Waals surface area contributed by atoms with E-state index in [1.54, 1.807) is 6.07 Å². The van der Waals surface area contributed by atoms with Crippen LogP contribution in [0.2, 0.25) is 0 Å². The van der Waals surface area contributed by atoms with Crippen LogP contribution in [0, 0.1) is 0 Å². The molecule has 1 unspecified atom stereocenters. The quantitative estimate of drug-likeness (QED) is 0.637. The van der Waals surface area contributed by atoms with Crippen molar-refractivity contribution >= 4 is 29.3 Å². The number of urea groups is 2. The van der Waals surface area contributed by atoms with Gasteiger partial charge < -0.3 is 21.1 Å². The number of hydrogen-bond donors (Lipinski definition) is 3. The van der Waals surface area contributed by atoms with Gasteiger partial charge in [0.1, 0.15) is 11.3 Å². The lowest BCUT2D eigenvalue weighted by atomic mass is 9.92. The van der Waals surface area contributed by atoms with Crippen LogP contribution in [0.4, 0.5) is 34.1 Å². The number of pyridine rings is 1. The number of imide groups is 1. The highest BCUT2D eigenvalue weighted by atomic mass is 19.4. The van der Waals surface area contributed by atoms with Gasteiger partial charge in [-0.2, -0.15) is 0 Å². The molecule has 2 aromatic rings. The van der Waals surface area contributed by atoms with Crippen LogP contribution in [-0.4, -0.2) is 34.9 Å². The highest BCUT2D eigenvalue weighted by Gasteiger charge is 2.48. The summed E-state index contributed by atoms with van der Waals surface area (Å²) < 4.78 is 40.7. The summed E-state index contributed by atoms with van der Waals surface area (Å²) in [5.74, 6) is -1.11. The molecule has 0 saturated carbocycles. The molecule has 158 valence electrons. The summed E-state index contributed by atoms with van der Waals surface area (Å²) in [6.07, 6.45) is -2.06. The minimum Gasteiger partial charge on any atom is -0.406 e. The summed E-state index contributed by atoms with van der Waals surface area (Å²) >= 11 is 0.